The van der Waals surface area contributed by atoms with E-state index in [0.717, 1.165) is 24.7 Å². The van der Waals surface area contributed by atoms with E-state index in [4.69, 9.17) is 5.26 Å². The van der Waals surface area contributed by atoms with E-state index < -0.39 is 0 Å². The average molecular weight is 207 g/mol. The molecule has 86 valence electrons. The third kappa shape index (κ3) is 3.52. The second kappa shape index (κ2) is 5.01. The van der Waals surface area contributed by atoms with Crippen LogP contribution in [0, 0.1) is 34.5 Å². The summed E-state index contributed by atoms with van der Waals surface area (Å²) in [4.78, 5) is 0. The molecule has 1 aliphatic carbocycles. The first kappa shape index (κ1) is 12.6. The van der Waals surface area contributed by atoms with Crippen molar-refractivity contribution in [2.45, 2.75) is 59.8 Å². The second-order valence-electron chi connectivity index (χ2n) is 6.28. The Morgan fingerprint density at radius 3 is 2.53 bits per heavy atom. The van der Waals surface area contributed by atoms with Crippen LogP contribution in [-0.4, -0.2) is 0 Å². The SMILES string of the molecule is CC(C)CC(C)(C)C1CCCC(C#N)C1. The van der Waals surface area contributed by atoms with Crippen molar-refractivity contribution in [1.82, 2.24) is 0 Å². The normalized spacial score (nSPS) is 27.7. The molecule has 0 aromatic rings. The third-order valence-corrected chi connectivity index (χ3v) is 3.90. The van der Waals surface area contributed by atoms with Gasteiger partial charge in [-0.3, -0.25) is 0 Å². The summed E-state index contributed by atoms with van der Waals surface area (Å²) >= 11 is 0. The molecule has 0 radical (unpaired) electrons. The molecule has 0 amide bonds. The van der Waals surface area contributed by atoms with Crippen LogP contribution in [0.1, 0.15) is 59.8 Å². The van der Waals surface area contributed by atoms with Crippen molar-refractivity contribution in [3.63, 3.8) is 0 Å². The van der Waals surface area contributed by atoms with Gasteiger partial charge in [0.1, 0.15) is 0 Å². The van der Waals surface area contributed by atoms with Crippen LogP contribution in [0.2, 0.25) is 0 Å². The minimum absolute atomic E-state index is 0.329. The Morgan fingerprint density at radius 1 is 1.33 bits per heavy atom. The van der Waals surface area contributed by atoms with Crippen molar-refractivity contribution in [2.75, 3.05) is 0 Å². The van der Waals surface area contributed by atoms with E-state index in [-0.39, 0.29) is 0 Å². The summed E-state index contributed by atoms with van der Waals surface area (Å²) in [5, 5.41) is 9.01. The van der Waals surface area contributed by atoms with E-state index in [9.17, 15) is 0 Å². The molecule has 0 saturated heterocycles. The largest absolute Gasteiger partial charge is 0.198 e. The Kier molecular flexibility index (Phi) is 4.20. The Morgan fingerprint density at radius 2 is 2.00 bits per heavy atom. The zero-order chi connectivity index (χ0) is 11.5. The van der Waals surface area contributed by atoms with Gasteiger partial charge in [0, 0.05) is 5.92 Å². The van der Waals surface area contributed by atoms with Gasteiger partial charge < -0.3 is 0 Å². The fourth-order valence-corrected chi connectivity index (χ4v) is 3.24. The molecule has 1 saturated carbocycles. The lowest BCUT2D eigenvalue weighted by Gasteiger charge is -2.39. The Hall–Kier alpha value is -0.510. The number of rotatable bonds is 3. The number of hydrogen-bond donors (Lipinski definition) is 0. The van der Waals surface area contributed by atoms with Crippen LogP contribution >= 0.6 is 0 Å². The molecule has 0 spiro atoms. The minimum Gasteiger partial charge on any atom is -0.198 e. The predicted octanol–water partition coefficient (Wildman–Crippen LogP) is 4.39. The van der Waals surface area contributed by atoms with Gasteiger partial charge in [0.25, 0.3) is 0 Å². The highest BCUT2D eigenvalue weighted by atomic mass is 14.4. The average Bonchev–Trinajstić information content (AvgIpc) is 2.16. The molecule has 0 aromatic heterocycles. The molecule has 2 unspecified atom stereocenters. The molecule has 0 N–H and O–H groups in total. The van der Waals surface area contributed by atoms with Gasteiger partial charge in [-0.2, -0.15) is 5.26 Å². The fraction of sp³-hybridized carbons (Fsp3) is 0.929. The topological polar surface area (TPSA) is 23.8 Å². The highest BCUT2D eigenvalue weighted by molar-refractivity contribution is 4.92. The van der Waals surface area contributed by atoms with Gasteiger partial charge in [0.05, 0.1) is 6.07 Å². The van der Waals surface area contributed by atoms with Gasteiger partial charge in [-0.05, 0) is 42.9 Å². The molecule has 1 heteroatoms. The van der Waals surface area contributed by atoms with Crippen molar-refractivity contribution in [3.05, 3.63) is 0 Å². The summed E-state index contributed by atoms with van der Waals surface area (Å²) in [7, 11) is 0. The number of hydrogen-bond acceptors (Lipinski definition) is 1. The van der Waals surface area contributed by atoms with Crippen molar-refractivity contribution >= 4 is 0 Å². The summed E-state index contributed by atoms with van der Waals surface area (Å²) in [6.45, 7) is 9.37. The Bertz CT molecular complexity index is 234. The van der Waals surface area contributed by atoms with Gasteiger partial charge in [0.15, 0.2) is 0 Å². The summed E-state index contributed by atoms with van der Waals surface area (Å²) in [6, 6.07) is 2.46. The quantitative estimate of drug-likeness (QED) is 0.673. The summed E-state index contributed by atoms with van der Waals surface area (Å²) < 4.78 is 0. The maximum absolute atomic E-state index is 9.01. The predicted molar refractivity (Wildman–Crippen MR) is 64.3 cm³/mol. The highest BCUT2D eigenvalue weighted by Gasteiger charge is 2.34. The molecule has 15 heavy (non-hydrogen) atoms. The van der Waals surface area contributed by atoms with Gasteiger partial charge in [-0.15, -0.1) is 0 Å². The second-order valence-corrected chi connectivity index (χ2v) is 6.28. The van der Waals surface area contributed by atoms with Crippen molar-refractivity contribution < 1.29 is 0 Å². The van der Waals surface area contributed by atoms with Crippen LogP contribution in [0.5, 0.6) is 0 Å². The zero-order valence-corrected chi connectivity index (χ0v) is 10.7. The molecular weight excluding hydrogens is 182 g/mol. The highest BCUT2D eigenvalue weighted by Crippen LogP contribution is 2.43. The van der Waals surface area contributed by atoms with Crippen molar-refractivity contribution in [2.24, 2.45) is 23.2 Å². The first-order chi connectivity index (χ1) is 6.95. The molecular formula is C14H25N. The lowest BCUT2D eigenvalue weighted by molar-refractivity contribution is 0.115. The van der Waals surface area contributed by atoms with Crippen LogP contribution < -0.4 is 0 Å². The lowest BCUT2D eigenvalue weighted by Crippen LogP contribution is -2.30. The summed E-state index contributed by atoms with van der Waals surface area (Å²) in [5.74, 6) is 1.86. The Labute approximate surface area is 94.9 Å². The van der Waals surface area contributed by atoms with E-state index >= 15 is 0 Å². The molecule has 1 rings (SSSR count). The molecule has 1 aliphatic rings. The van der Waals surface area contributed by atoms with Gasteiger partial charge >= 0.3 is 0 Å². The number of nitrogens with zero attached hydrogens (tertiary/aromatic N) is 1. The standard InChI is InChI=1S/C14H25N/c1-11(2)9-14(3,4)13-7-5-6-12(8-13)10-15/h11-13H,5-9H2,1-4H3. The van der Waals surface area contributed by atoms with Crippen LogP contribution in [0.15, 0.2) is 0 Å². The molecule has 1 fully saturated rings. The van der Waals surface area contributed by atoms with E-state index in [1.807, 2.05) is 0 Å². The van der Waals surface area contributed by atoms with Gasteiger partial charge in [-0.25, -0.2) is 0 Å². The van der Waals surface area contributed by atoms with E-state index in [1.54, 1.807) is 0 Å². The van der Waals surface area contributed by atoms with Crippen molar-refractivity contribution in [3.8, 4) is 6.07 Å². The maximum Gasteiger partial charge on any atom is 0.0655 e. The van der Waals surface area contributed by atoms with Crippen molar-refractivity contribution in [1.29, 1.82) is 5.26 Å². The van der Waals surface area contributed by atoms with Crippen LogP contribution in [0.25, 0.3) is 0 Å². The van der Waals surface area contributed by atoms with Gasteiger partial charge in [-0.1, -0.05) is 34.1 Å². The molecule has 2 atom stereocenters. The van der Waals surface area contributed by atoms with Gasteiger partial charge in [0.2, 0.25) is 0 Å². The molecule has 0 aliphatic heterocycles. The maximum atomic E-state index is 9.01. The van der Waals surface area contributed by atoms with E-state index in [0.29, 0.717) is 11.3 Å². The van der Waals surface area contributed by atoms with E-state index in [1.165, 1.54) is 19.3 Å². The lowest BCUT2D eigenvalue weighted by atomic mass is 9.65. The molecule has 0 aromatic carbocycles. The van der Waals surface area contributed by atoms with Crippen LogP contribution in [-0.2, 0) is 0 Å². The van der Waals surface area contributed by atoms with Crippen LogP contribution in [0.3, 0.4) is 0 Å². The fourth-order valence-electron chi connectivity index (χ4n) is 3.24. The van der Waals surface area contributed by atoms with Crippen LogP contribution in [0.4, 0.5) is 0 Å². The minimum atomic E-state index is 0.329. The summed E-state index contributed by atoms with van der Waals surface area (Å²) in [5.41, 5.74) is 0.420. The van der Waals surface area contributed by atoms with E-state index in [2.05, 4.69) is 33.8 Å². The molecule has 0 bridgehead atoms. The number of nitriles is 1. The summed E-state index contributed by atoms with van der Waals surface area (Å²) in [6.07, 6.45) is 6.14. The first-order valence-electron chi connectivity index (χ1n) is 6.35. The Balaban J connectivity index is 2.58. The monoisotopic (exact) mass is 207 g/mol. The zero-order valence-electron chi connectivity index (χ0n) is 10.7. The molecule has 0 heterocycles. The third-order valence-electron chi connectivity index (χ3n) is 3.90. The first-order valence-corrected chi connectivity index (χ1v) is 6.35. The smallest absolute Gasteiger partial charge is 0.0655 e. The molecule has 1 nitrogen and oxygen atoms in total.